The summed E-state index contributed by atoms with van der Waals surface area (Å²) in [6, 6.07) is 12.5. The highest BCUT2D eigenvalue weighted by Crippen LogP contribution is 2.43. The Balaban J connectivity index is 1.45. The van der Waals surface area contributed by atoms with Gasteiger partial charge in [-0.25, -0.2) is 4.79 Å². The zero-order valence-corrected chi connectivity index (χ0v) is 23.7. The van der Waals surface area contributed by atoms with Crippen LogP contribution in [-0.2, 0) is 16.0 Å². The molecule has 208 valence electrons. The molecule has 40 heavy (non-hydrogen) atoms. The predicted molar refractivity (Wildman–Crippen MR) is 154 cm³/mol. The molecule has 8 nitrogen and oxygen atoms in total. The van der Waals surface area contributed by atoms with Crippen molar-refractivity contribution in [1.29, 1.82) is 0 Å². The van der Waals surface area contributed by atoms with E-state index in [1.807, 2.05) is 12.1 Å². The number of carbonyl (C=O) groups is 3. The molecule has 1 aliphatic carbocycles. The molecule has 1 aromatic heterocycles. The topological polar surface area (TPSA) is 106 Å². The number of nitrogens with zero attached hydrogens (tertiary/aromatic N) is 1. The lowest BCUT2D eigenvalue weighted by Crippen LogP contribution is -2.41. The highest BCUT2D eigenvalue weighted by atomic mass is 35.5. The van der Waals surface area contributed by atoms with E-state index in [2.05, 4.69) is 10.6 Å². The molecular formula is C31H32ClN3O5. The molecule has 2 amide bonds. The summed E-state index contributed by atoms with van der Waals surface area (Å²) >= 11 is 6.32. The van der Waals surface area contributed by atoms with Gasteiger partial charge in [-0.1, -0.05) is 24.6 Å². The smallest absolute Gasteiger partial charge is 0.338 e. The molecule has 2 N–H and O–H groups in total. The molecule has 1 spiro atoms. The molecule has 2 heterocycles. The fraction of sp³-hybridized carbons (Fsp3) is 0.355. The number of hydrogen-bond acceptors (Lipinski definition) is 5. The summed E-state index contributed by atoms with van der Waals surface area (Å²) in [5.41, 5.74) is 2.09. The number of ether oxygens (including phenoxy) is 1. The third-order valence-electron chi connectivity index (χ3n) is 7.26. The van der Waals surface area contributed by atoms with Crippen LogP contribution in [0.2, 0.25) is 5.02 Å². The number of anilines is 1. The van der Waals surface area contributed by atoms with Crippen molar-refractivity contribution >= 4 is 35.1 Å². The normalized spacial score (nSPS) is 16.1. The van der Waals surface area contributed by atoms with E-state index in [9.17, 15) is 19.2 Å². The quantitative estimate of drug-likeness (QED) is 0.398. The Kier molecular flexibility index (Phi) is 7.08. The average Bonchev–Trinajstić information content (AvgIpc) is 3.63. The molecule has 0 radical (unpaired) electrons. The van der Waals surface area contributed by atoms with Gasteiger partial charge in [-0.2, -0.15) is 0 Å². The van der Waals surface area contributed by atoms with Crippen molar-refractivity contribution in [3.63, 3.8) is 0 Å². The van der Waals surface area contributed by atoms with Gasteiger partial charge in [0, 0.05) is 34.1 Å². The van der Waals surface area contributed by atoms with E-state index < -0.39 is 29.1 Å². The number of hydrogen-bond donors (Lipinski definition) is 2. The summed E-state index contributed by atoms with van der Waals surface area (Å²) in [6.07, 6.45) is 4.22. The molecule has 2 aliphatic rings. The maximum absolute atomic E-state index is 13.4. The molecule has 3 aromatic rings. The van der Waals surface area contributed by atoms with Crippen LogP contribution in [0.15, 0.2) is 59.5 Å². The van der Waals surface area contributed by atoms with E-state index >= 15 is 0 Å². The molecule has 1 saturated carbocycles. The maximum atomic E-state index is 13.4. The first-order valence-electron chi connectivity index (χ1n) is 13.4. The van der Waals surface area contributed by atoms with Crippen molar-refractivity contribution in [2.75, 3.05) is 5.32 Å². The Labute approximate surface area is 237 Å². The van der Waals surface area contributed by atoms with E-state index in [0.29, 0.717) is 40.2 Å². The number of amides is 2. The Morgan fingerprint density at radius 1 is 1.05 bits per heavy atom. The summed E-state index contributed by atoms with van der Waals surface area (Å²) in [6.45, 7) is 7.17. The van der Waals surface area contributed by atoms with Crippen LogP contribution in [0.25, 0.3) is 11.1 Å². The number of nitrogens with one attached hydrogen (secondary N) is 2. The van der Waals surface area contributed by atoms with Gasteiger partial charge in [0.15, 0.2) is 0 Å². The number of carbonyl (C=O) groups excluding carboxylic acids is 3. The van der Waals surface area contributed by atoms with Gasteiger partial charge in [-0.3, -0.25) is 14.4 Å². The molecular weight excluding hydrogens is 530 g/mol. The number of benzene rings is 2. The van der Waals surface area contributed by atoms with Gasteiger partial charge in [-0.05, 0) is 94.0 Å². The largest absolute Gasteiger partial charge is 0.456 e. The molecule has 1 atom stereocenters. The van der Waals surface area contributed by atoms with Crippen LogP contribution in [-0.4, -0.2) is 33.5 Å². The monoisotopic (exact) mass is 561 g/mol. The first-order valence-corrected chi connectivity index (χ1v) is 13.8. The second kappa shape index (κ2) is 10.2. The predicted octanol–water partition coefficient (Wildman–Crippen LogP) is 5.53. The van der Waals surface area contributed by atoms with Gasteiger partial charge in [0.05, 0.1) is 11.1 Å². The molecule has 1 unspecified atom stereocenters. The van der Waals surface area contributed by atoms with Gasteiger partial charge in [0.1, 0.15) is 11.6 Å². The van der Waals surface area contributed by atoms with Crippen molar-refractivity contribution in [1.82, 2.24) is 9.88 Å². The molecule has 1 fully saturated rings. The van der Waals surface area contributed by atoms with Gasteiger partial charge in [0.2, 0.25) is 5.91 Å². The Morgan fingerprint density at radius 3 is 2.38 bits per heavy atom. The van der Waals surface area contributed by atoms with Crippen LogP contribution >= 0.6 is 11.6 Å². The lowest BCUT2D eigenvalue weighted by molar-refractivity contribution is -0.119. The second-order valence-corrected chi connectivity index (χ2v) is 12.0. The summed E-state index contributed by atoms with van der Waals surface area (Å²) in [7, 11) is 0. The van der Waals surface area contributed by atoms with Crippen LogP contribution in [0.5, 0.6) is 0 Å². The van der Waals surface area contributed by atoms with Crippen molar-refractivity contribution in [2.45, 2.75) is 70.6 Å². The minimum absolute atomic E-state index is 0.278. The number of halogens is 1. The highest BCUT2D eigenvalue weighted by molar-refractivity contribution is 6.31. The van der Waals surface area contributed by atoms with Gasteiger partial charge < -0.3 is 19.9 Å². The number of fused-ring (bicyclic) bond motifs is 3. The van der Waals surface area contributed by atoms with Crippen molar-refractivity contribution in [2.24, 2.45) is 0 Å². The molecule has 1 aliphatic heterocycles. The van der Waals surface area contributed by atoms with Gasteiger partial charge in [0.25, 0.3) is 11.5 Å². The first kappa shape index (κ1) is 27.6. The standard InChI is InChI=1S/C31H32ClN3O5/c1-5-25(28(38)33-21-10-7-18(8-11-21)29(39)40-30(2,3)4)35-17-24-23(15-26(35)36)22-14-20(32)9-6-19(22)16-31(12-13-31)34-27(24)37/h6-11,14-15,17,25H,5,12-13,16H2,1-4H3,(H,33,38)(H,34,37). The molecule has 2 aromatic carbocycles. The number of esters is 1. The number of aromatic nitrogens is 1. The number of rotatable bonds is 5. The van der Waals surface area contributed by atoms with Crippen molar-refractivity contribution in [3.05, 3.63) is 86.8 Å². The first-order chi connectivity index (χ1) is 18.9. The van der Waals surface area contributed by atoms with E-state index in [0.717, 1.165) is 24.0 Å². The summed E-state index contributed by atoms with van der Waals surface area (Å²) in [5.74, 6) is -1.15. The summed E-state index contributed by atoms with van der Waals surface area (Å²) in [5, 5.41) is 6.50. The Morgan fingerprint density at radius 2 is 1.75 bits per heavy atom. The highest BCUT2D eigenvalue weighted by Gasteiger charge is 2.46. The Bertz CT molecular complexity index is 1570. The minimum atomic E-state index is -0.865. The van der Waals surface area contributed by atoms with Crippen LogP contribution in [0.4, 0.5) is 5.69 Å². The zero-order valence-electron chi connectivity index (χ0n) is 23.0. The fourth-order valence-electron chi connectivity index (χ4n) is 5.08. The van der Waals surface area contributed by atoms with E-state index in [1.54, 1.807) is 58.0 Å². The van der Waals surface area contributed by atoms with Crippen LogP contribution in [0.1, 0.15) is 79.3 Å². The zero-order chi connectivity index (χ0) is 28.8. The maximum Gasteiger partial charge on any atom is 0.338 e. The van der Waals surface area contributed by atoms with Crippen LogP contribution in [0.3, 0.4) is 0 Å². The van der Waals surface area contributed by atoms with Gasteiger partial charge >= 0.3 is 5.97 Å². The third-order valence-corrected chi connectivity index (χ3v) is 7.50. The minimum Gasteiger partial charge on any atom is -0.456 e. The van der Waals surface area contributed by atoms with Crippen molar-refractivity contribution < 1.29 is 19.1 Å². The van der Waals surface area contributed by atoms with E-state index in [1.165, 1.54) is 16.8 Å². The van der Waals surface area contributed by atoms with E-state index in [-0.39, 0.29) is 11.4 Å². The average molecular weight is 562 g/mol. The lowest BCUT2D eigenvalue weighted by Gasteiger charge is -2.26. The fourth-order valence-corrected chi connectivity index (χ4v) is 5.25. The van der Waals surface area contributed by atoms with E-state index in [4.69, 9.17) is 16.3 Å². The summed E-state index contributed by atoms with van der Waals surface area (Å²) < 4.78 is 6.70. The van der Waals surface area contributed by atoms with Crippen molar-refractivity contribution in [3.8, 4) is 11.1 Å². The van der Waals surface area contributed by atoms with Crippen LogP contribution in [0, 0.1) is 0 Å². The molecule has 9 heteroatoms. The molecule has 0 bridgehead atoms. The van der Waals surface area contributed by atoms with Gasteiger partial charge in [-0.15, -0.1) is 0 Å². The SMILES string of the molecule is CCC(C(=O)Nc1ccc(C(=O)OC(C)(C)C)cc1)n1cc2c(cc1=O)-c1cc(Cl)ccc1CC1(CC1)NC2=O. The molecule has 0 saturated heterocycles. The molecule has 5 rings (SSSR count). The summed E-state index contributed by atoms with van der Waals surface area (Å²) in [4.78, 5) is 52.5. The third kappa shape index (κ3) is 5.68. The number of pyridine rings is 1. The van der Waals surface area contributed by atoms with Crippen LogP contribution < -0.4 is 16.2 Å². The lowest BCUT2D eigenvalue weighted by atomic mass is 9.89. The second-order valence-electron chi connectivity index (χ2n) is 11.6. The Hall–Kier alpha value is -3.91.